The van der Waals surface area contributed by atoms with Crippen LogP contribution in [0.3, 0.4) is 0 Å². The van der Waals surface area contributed by atoms with Crippen LogP contribution in [0.25, 0.3) is 0 Å². The highest BCUT2D eigenvalue weighted by atomic mass is 31.2. The van der Waals surface area contributed by atoms with Gasteiger partial charge < -0.3 is 9.13 Å². The molecule has 2 nitrogen and oxygen atoms in total. The zero-order chi connectivity index (χ0) is 11.5. The molecule has 2 aliphatic heterocycles. The monoisotopic (exact) mass is 262 g/mol. The van der Waals surface area contributed by atoms with Crippen molar-refractivity contribution in [2.45, 2.75) is 38.5 Å². The molecule has 2 rings (SSSR count). The minimum absolute atomic E-state index is 0.938. The molecular formula is C12H24O2P2. The van der Waals surface area contributed by atoms with Crippen molar-refractivity contribution in [1.82, 2.24) is 0 Å². The summed E-state index contributed by atoms with van der Waals surface area (Å²) in [7, 11) is -3.49. The van der Waals surface area contributed by atoms with Gasteiger partial charge in [0.05, 0.1) is 14.3 Å². The van der Waals surface area contributed by atoms with Gasteiger partial charge in [0, 0.05) is 37.0 Å². The van der Waals surface area contributed by atoms with E-state index in [2.05, 4.69) is 0 Å². The van der Waals surface area contributed by atoms with Gasteiger partial charge in [-0.3, -0.25) is 0 Å². The molecule has 0 spiro atoms. The summed E-state index contributed by atoms with van der Waals surface area (Å²) < 4.78 is 24.4. The predicted molar refractivity (Wildman–Crippen MR) is 72.1 cm³/mol. The van der Waals surface area contributed by atoms with Gasteiger partial charge in [-0.05, 0) is 38.5 Å². The Morgan fingerprint density at radius 2 is 0.938 bits per heavy atom. The summed E-state index contributed by atoms with van der Waals surface area (Å²) in [5.74, 6) is 0. The van der Waals surface area contributed by atoms with E-state index in [0.717, 1.165) is 49.8 Å². The van der Waals surface area contributed by atoms with Crippen molar-refractivity contribution in [3.63, 3.8) is 0 Å². The molecule has 0 saturated carbocycles. The number of rotatable bonds is 5. The summed E-state index contributed by atoms with van der Waals surface area (Å²) in [6.45, 7) is 0. The van der Waals surface area contributed by atoms with Crippen LogP contribution in [0.4, 0.5) is 0 Å². The van der Waals surface area contributed by atoms with Gasteiger partial charge in [0.1, 0.15) is 0 Å². The molecule has 0 bridgehead atoms. The average molecular weight is 262 g/mol. The highest BCUT2D eigenvalue weighted by molar-refractivity contribution is 7.64. The Kier molecular flexibility index (Phi) is 4.36. The highest BCUT2D eigenvalue weighted by Crippen LogP contribution is 2.55. The first kappa shape index (κ1) is 12.9. The number of hydrogen-bond donors (Lipinski definition) is 0. The maximum absolute atomic E-state index is 12.2. The second-order valence-electron chi connectivity index (χ2n) is 5.58. The van der Waals surface area contributed by atoms with Crippen molar-refractivity contribution >= 4 is 14.3 Å². The molecule has 94 valence electrons. The van der Waals surface area contributed by atoms with Crippen LogP contribution in [0.1, 0.15) is 38.5 Å². The minimum Gasteiger partial charge on any atom is -0.324 e. The fourth-order valence-electron chi connectivity index (χ4n) is 3.07. The van der Waals surface area contributed by atoms with Crippen LogP contribution in [0.5, 0.6) is 0 Å². The fraction of sp³-hybridized carbons (Fsp3) is 1.00. The second-order valence-corrected chi connectivity index (χ2v) is 12.5. The van der Waals surface area contributed by atoms with Crippen LogP contribution < -0.4 is 0 Å². The first-order valence-corrected chi connectivity index (χ1v) is 11.3. The molecule has 2 heterocycles. The lowest BCUT2D eigenvalue weighted by Crippen LogP contribution is -1.96. The van der Waals surface area contributed by atoms with E-state index in [4.69, 9.17) is 0 Å². The largest absolute Gasteiger partial charge is 0.324 e. The molecular weight excluding hydrogens is 238 g/mol. The number of unbranched alkanes of at least 4 members (excludes halogenated alkanes) is 1. The van der Waals surface area contributed by atoms with Crippen LogP contribution in [-0.4, -0.2) is 37.0 Å². The molecule has 2 aliphatic rings. The summed E-state index contributed by atoms with van der Waals surface area (Å²) in [5.41, 5.74) is 0. The van der Waals surface area contributed by atoms with E-state index in [0.29, 0.717) is 0 Å². The van der Waals surface area contributed by atoms with Gasteiger partial charge in [0.25, 0.3) is 0 Å². The SMILES string of the molecule is O=P1(CCCCP2(=O)CCCC2)CCCC1. The van der Waals surface area contributed by atoms with Crippen molar-refractivity contribution in [1.29, 1.82) is 0 Å². The summed E-state index contributed by atoms with van der Waals surface area (Å²) in [6, 6.07) is 0. The molecule has 4 heteroatoms. The predicted octanol–water partition coefficient (Wildman–Crippen LogP) is 4.08. The third-order valence-corrected chi connectivity index (χ3v) is 10.9. The molecule has 0 aromatic rings. The Hall–Kier alpha value is 0.460. The maximum atomic E-state index is 12.2. The van der Waals surface area contributed by atoms with Crippen LogP contribution >= 0.6 is 14.3 Å². The smallest absolute Gasteiger partial charge is 0.0877 e. The summed E-state index contributed by atoms with van der Waals surface area (Å²) >= 11 is 0. The number of hydrogen-bond acceptors (Lipinski definition) is 2. The van der Waals surface area contributed by atoms with Crippen LogP contribution in [0.2, 0.25) is 0 Å². The molecule has 0 amide bonds. The van der Waals surface area contributed by atoms with Crippen LogP contribution in [0.15, 0.2) is 0 Å². The zero-order valence-electron chi connectivity index (χ0n) is 10.2. The first-order valence-electron chi connectivity index (χ1n) is 6.76. The van der Waals surface area contributed by atoms with Crippen LogP contribution in [0, 0.1) is 0 Å². The average Bonchev–Trinajstić information content (AvgIpc) is 2.84. The van der Waals surface area contributed by atoms with Crippen molar-refractivity contribution in [2.75, 3.05) is 37.0 Å². The fourth-order valence-corrected chi connectivity index (χ4v) is 9.21. The lowest BCUT2D eigenvalue weighted by molar-refractivity contribution is 0.571. The lowest BCUT2D eigenvalue weighted by Gasteiger charge is -2.13. The molecule has 0 aromatic heterocycles. The van der Waals surface area contributed by atoms with Gasteiger partial charge in [-0.1, -0.05) is 0 Å². The van der Waals surface area contributed by atoms with Crippen molar-refractivity contribution in [2.24, 2.45) is 0 Å². The molecule has 2 fully saturated rings. The maximum Gasteiger partial charge on any atom is 0.0877 e. The van der Waals surface area contributed by atoms with E-state index >= 15 is 0 Å². The highest BCUT2D eigenvalue weighted by Gasteiger charge is 2.28. The van der Waals surface area contributed by atoms with Gasteiger partial charge >= 0.3 is 0 Å². The molecule has 0 atom stereocenters. The van der Waals surface area contributed by atoms with Gasteiger partial charge in [0.2, 0.25) is 0 Å². The third-order valence-electron chi connectivity index (χ3n) is 4.14. The van der Waals surface area contributed by atoms with Gasteiger partial charge in [-0.15, -0.1) is 0 Å². The topological polar surface area (TPSA) is 34.1 Å². The van der Waals surface area contributed by atoms with Gasteiger partial charge in [-0.2, -0.15) is 0 Å². The van der Waals surface area contributed by atoms with Crippen molar-refractivity contribution in [3.8, 4) is 0 Å². The molecule has 16 heavy (non-hydrogen) atoms. The third kappa shape index (κ3) is 3.47. The standard InChI is InChI=1S/C12H24O2P2/c13-15(7-1-2-8-15)11-5-6-12-16(14)9-3-4-10-16/h1-12H2. The van der Waals surface area contributed by atoms with Crippen molar-refractivity contribution in [3.05, 3.63) is 0 Å². The Balaban J connectivity index is 1.65. The normalized spacial score (nSPS) is 27.2. The lowest BCUT2D eigenvalue weighted by atomic mass is 10.4. The summed E-state index contributed by atoms with van der Waals surface area (Å²) in [4.78, 5) is 0. The second kappa shape index (κ2) is 5.40. The van der Waals surface area contributed by atoms with Gasteiger partial charge in [-0.25, -0.2) is 0 Å². The van der Waals surface area contributed by atoms with E-state index in [9.17, 15) is 9.13 Å². The molecule has 0 radical (unpaired) electrons. The van der Waals surface area contributed by atoms with Crippen LogP contribution in [-0.2, 0) is 9.13 Å². The summed E-state index contributed by atoms with van der Waals surface area (Å²) in [6.07, 6.45) is 12.7. The quantitative estimate of drug-likeness (QED) is 0.552. The van der Waals surface area contributed by atoms with E-state index in [-0.39, 0.29) is 0 Å². The summed E-state index contributed by atoms with van der Waals surface area (Å²) in [5, 5.41) is 0. The van der Waals surface area contributed by atoms with Crippen molar-refractivity contribution < 1.29 is 9.13 Å². The van der Waals surface area contributed by atoms with E-state index in [1.807, 2.05) is 0 Å². The Morgan fingerprint density at radius 3 is 1.25 bits per heavy atom. The van der Waals surface area contributed by atoms with E-state index in [1.54, 1.807) is 0 Å². The molecule has 0 aliphatic carbocycles. The van der Waals surface area contributed by atoms with E-state index < -0.39 is 14.3 Å². The zero-order valence-corrected chi connectivity index (χ0v) is 12.0. The van der Waals surface area contributed by atoms with Gasteiger partial charge in [0.15, 0.2) is 0 Å². The molecule has 2 saturated heterocycles. The Labute approximate surface area is 99.3 Å². The molecule has 0 unspecified atom stereocenters. The molecule has 0 aromatic carbocycles. The van der Waals surface area contributed by atoms with E-state index in [1.165, 1.54) is 25.7 Å². The Bertz CT molecular complexity index is 273. The molecule has 0 N–H and O–H groups in total. The Morgan fingerprint density at radius 1 is 0.625 bits per heavy atom. The minimum atomic E-state index is -1.74. The first-order chi connectivity index (χ1) is 7.62.